The maximum absolute atomic E-state index is 12.0. The van der Waals surface area contributed by atoms with E-state index in [2.05, 4.69) is 35.5 Å². The first kappa shape index (κ1) is 17.8. The van der Waals surface area contributed by atoms with Gasteiger partial charge in [-0.15, -0.1) is 10.2 Å². The summed E-state index contributed by atoms with van der Waals surface area (Å²) in [5.74, 6) is 1.12. The molecule has 3 N–H and O–H groups in total. The number of rotatable bonds is 8. The van der Waals surface area contributed by atoms with Gasteiger partial charge in [0.05, 0.1) is 18.2 Å². The van der Waals surface area contributed by atoms with Crippen LogP contribution in [-0.4, -0.2) is 46.2 Å². The van der Waals surface area contributed by atoms with Gasteiger partial charge >= 0.3 is 0 Å². The zero-order chi connectivity index (χ0) is 18.4. The van der Waals surface area contributed by atoms with Gasteiger partial charge in [0.2, 0.25) is 0 Å². The Morgan fingerprint density at radius 1 is 1.12 bits per heavy atom. The molecule has 0 bridgehead atoms. The van der Waals surface area contributed by atoms with Crippen molar-refractivity contribution >= 4 is 27.3 Å². The highest BCUT2D eigenvalue weighted by Gasteiger charge is 2.15. The minimum Gasteiger partial charge on any atom is -0.367 e. The van der Waals surface area contributed by atoms with Gasteiger partial charge in [0.1, 0.15) is 5.82 Å². The Bertz CT molecular complexity index is 941. The van der Waals surface area contributed by atoms with Crippen LogP contribution < -0.4 is 15.4 Å². The molecule has 3 heterocycles. The molecule has 3 aromatic rings. The van der Waals surface area contributed by atoms with Crippen LogP contribution in [0, 0.1) is 0 Å². The van der Waals surface area contributed by atoms with Gasteiger partial charge in [-0.05, 0) is 24.3 Å². The van der Waals surface area contributed by atoms with Crippen LogP contribution in [0.3, 0.4) is 0 Å². The summed E-state index contributed by atoms with van der Waals surface area (Å²) >= 11 is 0. The molecule has 0 aromatic carbocycles. The fraction of sp³-hybridized carbons (Fsp3) is 0.200. The molecular formula is C15H18N8O2S. The Hall–Kier alpha value is -3.05. The van der Waals surface area contributed by atoms with Crippen LogP contribution in [0.15, 0.2) is 54.2 Å². The van der Waals surface area contributed by atoms with Gasteiger partial charge in [-0.2, -0.15) is 0 Å². The normalized spacial score (nSPS) is 11.3. The summed E-state index contributed by atoms with van der Waals surface area (Å²) in [6.45, 7) is 0.548. The lowest BCUT2D eigenvalue weighted by Gasteiger charge is -2.08. The molecule has 11 heteroatoms. The molecule has 3 aromatic heterocycles. The summed E-state index contributed by atoms with van der Waals surface area (Å²) < 4.78 is 28.1. The van der Waals surface area contributed by atoms with E-state index >= 15 is 0 Å². The molecule has 26 heavy (non-hydrogen) atoms. The van der Waals surface area contributed by atoms with E-state index in [-0.39, 0.29) is 11.6 Å². The molecule has 0 spiro atoms. The second-order valence-corrected chi connectivity index (χ2v) is 7.09. The average molecular weight is 374 g/mol. The third-order valence-corrected chi connectivity index (χ3v) is 4.62. The average Bonchev–Trinajstić information content (AvgIpc) is 3.08. The maximum Gasteiger partial charge on any atom is 0.259 e. The smallest absolute Gasteiger partial charge is 0.259 e. The van der Waals surface area contributed by atoms with Gasteiger partial charge in [0, 0.05) is 32.5 Å². The Morgan fingerprint density at radius 3 is 2.58 bits per heavy atom. The molecule has 0 radical (unpaired) electrons. The number of hydrogen-bond acceptors (Lipinski definition) is 8. The lowest BCUT2D eigenvalue weighted by atomic mass is 10.4. The molecule has 136 valence electrons. The van der Waals surface area contributed by atoms with Crippen molar-refractivity contribution in [1.29, 1.82) is 0 Å². The minimum absolute atomic E-state index is 0.00868. The fourth-order valence-electron chi connectivity index (χ4n) is 2.06. The minimum atomic E-state index is -3.61. The van der Waals surface area contributed by atoms with Gasteiger partial charge in [-0.25, -0.2) is 18.1 Å². The number of nitrogens with one attached hydrogen (secondary N) is 3. The summed E-state index contributed by atoms with van der Waals surface area (Å²) in [7, 11) is -1.90. The quantitative estimate of drug-likeness (QED) is 0.493. The van der Waals surface area contributed by atoms with E-state index < -0.39 is 10.0 Å². The Kier molecular flexibility index (Phi) is 5.39. The summed E-state index contributed by atoms with van der Waals surface area (Å²) in [4.78, 5) is 7.83. The highest BCUT2D eigenvalue weighted by molar-refractivity contribution is 7.89. The first-order chi connectivity index (χ1) is 12.5. The van der Waals surface area contributed by atoms with Crippen LogP contribution in [0.4, 0.5) is 17.3 Å². The van der Waals surface area contributed by atoms with Crippen molar-refractivity contribution in [3.05, 3.63) is 49.2 Å². The molecule has 0 fully saturated rings. The zero-order valence-electron chi connectivity index (χ0n) is 14.0. The number of hydrogen-bond donors (Lipinski definition) is 3. The summed E-state index contributed by atoms with van der Waals surface area (Å²) in [6, 6.07) is 7.20. The third-order valence-electron chi connectivity index (χ3n) is 3.28. The van der Waals surface area contributed by atoms with Crippen molar-refractivity contribution in [2.45, 2.75) is 5.03 Å². The predicted molar refractivity (Wildman–Crippen MR) is 96.4 cm³/mol. The molecule has 0 aliphatic rings. The summed E-state index contributed by atoms with van der Waals surface area (Å²) in [5, 5.41) is 14.1. The lowest BCUT2D eigenvalue weighted by Crippen LogP contribution is -2.29. The van der Waals surface area contributed by atoms with E-state index in [0.717, 1.165) is 5.69 Å². The van der Waals surface area contributed by atoms with Crippen molar-refractivity contribution < 1.29 is 8.42 Å². The van der Waals surface area contributed by atoms with Gasteiger partial charge < -0.3 is 15.2 Å². The van der Waals surface area contributed by atoms with Gasteiger partial charge in [-0.3, -0.25) is 4.98 Å². The predicted octanol–water partition coefficient (Wildman–Crippen LogP) is 0.739. The first-order valence-electron chi connectivity index (χ1n) is 7.75. The molecular weight excluding hydrogens is 356 g/mol. The second kappa shape index (κ2) is 7.89. The van der Waals surface area contributed by atoms with E-state index in [9.17, 15) is 8.42 Å². The van der Waals surface area contributed by atoms with Crippen molar-refractivity contribution in [3.63, 3.8) is 0 Å². The Balaban J connectivity index is 1.46. The highest BCUT2D eigenvalue weighted by Crippen LogP contribution is 2.12. The summed E-state index contributed by atoms with van der Waals surface area (Å²) in [5.41, 5.74) is 0.812. The molecule has 0 aliphatic carbocycles. The van der Waals surface area contributed by atoms with Gasteiger partial charge in [0.25, 0.3) is 10.0 Å². The highest BCUT2D eigenvalue weighted by atomic mass is 32.2. The van der Waals surface area contributed by atoms with Crippen LogP contribution >= 0.6 is 0 Å². The number of imidazole rings is 1. The number of aryl methyl sites for hydroxylation is 1. The van der Waals surface area contributed by atoms with Crippen LogP contribution in [-0.2, 0) is 17.1 Å². The molecule has 3 rings (SSSR count). The van der Waals surface area contributed by atoms with E-state index in [1.165, 1.54) is 12.5 Å². The number of nitrogens with zero attached hydrogens (tertiary/aromatic N) is 5. The number of pyridine rings is 1. The van der Waals surface area contributed by atoms with Crippen LogP contribution in [0.5, 0.6) is 0 Å². The van der Waals surface area contributed by atoms with Crippen LogP contribution in [0.1, 0.15) is 0 Å². The van der Waals surface area contributed by atoms with Crippen molar-refractivity contribution in [2.24, 2.45) is 7.05 Å². The standard InChI is InChI=1S/C15H18N8O2S/c1-23-10-15(18-11-23)26(24,25)19-8-7-17-13-4-5-14(22-21-13)20-12-3-2-6-16-9-12/h2-6,9-11,19H,7-8H2,1H3,(H,17,21)(H,20,22). The molecule has 0 amide bonds. The van der Waals surface area contributed by atoms with Crippen molar-refractivity contribution in [2.75, 3.05) is 23.7 Å². The SMILES string of the molecule is Cn1cnc(S(=O)(=O)NCCNc2ccc(Nc3cccnc3)nn2)c1. The molecule has 0 aliphatic heterocycles. The Morgan fingerprint density at radius 2 is 1.92 bits per heavy atom. The number of anilines is 3. The molecule has 0 saturated heterocycles. The number of sulfonamides is 1. The second-order valence-electron chi connectivity index (χ2n) is 5.37. The van der Waals surface area contributed by atoms with Crippen molar-refractivity contribution in [3.8, 4) is 0 Å². The largest absolute Gasteiger partial charge is 0.367 e. The summed E-state index contributed by atoms with van der Waals surface area (Å²) in [6.07, 6.45) is 6.24. The van der Waals surface area contributed by atoms with E-state index in [0.29, 0.717) is 18.2 Å². The van der Waals surface area contributed by atoms with Crippen molar-refractivity contribution in [1.82, 2.24) is 29.5 Å². The number of aromatic nitrogens is 5. The monoisotopic (exact) mass is 374 g/mol. The maximum atomic E-state index is 12.0. The Labute approximate surface area is 150 Å². The van der Waals surface area contributed by atoms with E-state index in [1.54, 1.807) is 36.1 Å². The van der Waals surface area contributed by atoms with E-state index in [1.807, 2.05) is 12.1 Å². The van der Waals surface area contributed by atoms with E-state index in [4.69, 9.17) is 0 Å². The lowest BCUT2D eigenvalue weighted by molar-refractivity contribution is 0.579. The van der Waals surface area contributed by atoms with Gasteiger partial charge in [0.15, 0.2) is 10.8 Å². The molecule has 0 saturated carbocycles. The molecule has 0 unspecified atom stereocenters. The molecule has 10 nitrogen and oxygen atoms in total. The third kappa shape index (κ3) is 4.74. The van der Waals surface area contributed by atoms with Crippen LogP contribution in [0.25, 0.3) is 0 Å². The first-order valence-corrected chi connectivity index (χ1v) is 9.23. The fourth-order valence-corrected chi connectivity index (χ4v) is 3.06. The zero-order valence-corrected chi connectivity index (χ0v) is 14.8. The molecule has 0 atom stereocenters. The van der Waals surface area contributed by atoms with Crippen LogP contribution in [0.2, 0.25) is 0 Å². The topological polar surface area (TPSA) is 127 Å². The van der Waals surface area contributed by atoms with Gasteiger partial charge in [-0.1, -0.05) is 0 Å².